The van der Waals surface area contributed by atoms with Crippen LogP contribution in [-0.2, 0) is 14.3 Å². The molecule has 1 aliphatic rings. The van der Waals surface area contributed by atoms with Crippen molar-refractivity contribution in [3.8, 4) is 17.0 Å². The number of piperidine rings is 1. The van der Waals surface area contributed by atoms with Crippen molar-refractivity contribution < 1.29 is 23.4 Å². The second kappa shape index (κ2) is 14.6. The van der Waals surface area contributed by atoms with E-state index in [1.54, 1.807) is 18.3 Å². The number of aryl methyl sites for hydroxylation is 1. The Morgan fingerprint density at radius 2 is 1.80 bits per heavy atom. The van der Waals surface area contributed by atoms with E-state index in [1.807, 2.05) is 71.8 Å². The van der Waals surface area contributed by atoms with E-state index in [-0.39, 0.29) is 28.9 Å². The summed E-state index contributed by atoms with van der Waals surface area (Å²) in [6.07, 6.45) is 4.39. The maximum Gasteiger partial charge on any atom is 0.340 e. The Kier molecular flexibility index (Phi) is 11.2. The van der Waals surface area contributed by atoms with Crippen molar-refractivity contribution in [2.45, 2.75) is 86.0 Å². The lowest BCUT2D eigenvalue weighted by Gasteiger charge is -2.41. The Hall–Kier alpha value is -3.43. The van der Waals surface area contributed by atoms with Gasteiger partial charge in [-0.15, -0.1) is 0 Å². The molecule has 8 nitrogen and oxygen atoms in total. The third kappa shape index (κ3) is 8.88. The molecule has 1 aromatic carbocycles. The number of hydrogen-bond donors (Lipinski definition) is 0. The first-order valence-corrected chi connectivity index (χ1v) is 16.3. The number of anilines is 2. The van der Waals surface area contributed by atoms with Gasteiger partial charge in [0.15, 0.2) is 17.7 Å². The summed E-state index contributed by atoms with van der Waals surface area (Å²) in [6, 6.07) is 8.41. The third-order valence-corrected chi connectivity index (χ3v) is 8.37. The van der Waals surface area contributed by atoms with Crippen LogP contribution < -0.4 is 14.5 Å². The van der Waals surface area contributed by atoms with Crippen molar-refractivity contribution in [3.63, 3.8) is 0 Å². The minimum atomic E-state index is -0.965. The summed E-state index contributed by atoms with van der Waals surface area (Å²) in [6.45, 7) is 18.4. The Balaban J connectivity index is 1.69. The molecule has 10 heteroatoms. The summed E-state index contributed by atoms with van der Waals surface area (Å²) < 4.78 is 31.9. The van der Waals surface area contributed by atoms with Crippen LogP contribution in [0.2, 0.25) is 5.02 Å². The molecule has 0 aliphatic carbocycles. The SMILES string of the molecule is Cc1ncc(-c2ccc(N(C)CCOc3c(F)cccc3Cl)cn2)c(N2CCC(C)(C)CC2)c1[C@H](OC(C)(C)C)C(=O)OC(C)C. The van der Waals surface area contributed by atoms with Gasteiger partial charge in [0, 0.05) is 43.2 Å². The number of benzene rings is 1. The molecule has 0 amide bonds. The summed E-state index contributed by atoms with van der Waals surface area (Å²) in [5, 5.41) is 0.237. The Labute approximate surface area is 278 Å². The molecular weight excluding hydrogens is 607 g/mol. The number of rotatable bonds is 11. The van der Waals surface area contributed by atoms with Crippen LogP contribution in [0.25, 0.3) is 11.3 Å². The first-order chi connectivity index (χ1) is 21.6. The van der Waals surface area contributed by atoms with Gasteiger partial charge >= 0.3 is 5.97 Å². The van der Waals surface area contributed by atoms with E-state index in [4.69, 9.17) is 35.8 Å². The number of para-hydroxylation sites is 1. The van der Waals surface area contributed by atoms with Crippen LogP contribution in [0.1, 0.15) is 78.7 Å². The number of carbonyl (C=O) groups excluding carboxylic acids is 1. The predicted molar refractivity (Wildman–Crippen MR) is 182 cm³/mol. The normalized spacial score (nSPS) is 15.5. The molecular formula is C36H48ClFN4O4. The van der Waals surface area contributed by atoms with E-state index >= 15 is 0 Å². The zero-order valence-electron chi connectivity index (χ0n) is 28.6. The summed E-state index contributed by atoms with van der Waals surface area (Å²) in [7, 11) is 1.92. The number of ether oxygens (including phenoxy) is 3. The zero-order chi connectivity index (χ0) is 33.8. The second-order valence-corrected chi connectivity index (χ2v) is 14.4. The fourth-order valence-electron chi connectivity index (χ4n) is 5.46. The second-order valence-electron chi connectivity index (χ2n) is 14.0. The number of aromatic nitrogens is 2. The molecule has 0 radical (unpaired) electrons. The Morgan fingerprint density at radius 1 is 1.11 bits per heavy atom. The highest BCUT2D eigenvalue weighted by atomic mass is 35.5. The van der Waals surface area contributed by atoms with Gasteiger partial charge in [-0.25, -0.2) is 9.18 Å². The number of hydrogen-bond acceptors (Lipinski definition) is 8. The lowest BCUT2D eigenvalue weighted by atomic mass is 9.82. The molecule has 0 unspecified atom stereocenters. The summed E-state index contributed by atoms with van der Waals surface area (Å²) in [4.78, 5) is 27.6. The molecule has 3 aromatic rings. The van der Waals surface area contributed by atoms with Crippen molar-refractivity contribution in [2.24, 2.45) is 5.41 Å². The third-order valence-electron chi connectivity index (χ3n) is 8.08. The first kappa shape index (κ1) is 35.4. The van der Waals surface area contributed by atoms with E-state index in [1.165, 1.54) is 6.07 Å². The van der Waals surface area contributed by atoms with Crippen LogP contribution in [0.3, 0.4) is 0 Å². The summed E-state index contributed by atoms with van der Waals surface area (Å²) >= 11 is 6.10. The quantitative estimate of drug-likeness (QED) is 0.192. The minimum absolute atomic E-state index is 0.0494. The molecule has 1 atom stereocenters. The van der Waals surface area contributed by atoms with E-state index in [9.17, 15) is 9.18 Å². The number of likely N-dealkylation sites (N-methyl/N-ethyl adjacent to an activating group) is 1. The van der Waals surface area contributed by atoms with Crippen molar-refractivity contribution in [1.29, 1.82) is 0 Å². The Bertz CT molecular complexity index is 1480. The van der Waals surface area contributed by atoms with Gasteiger partial charge in [-0.05, 0) is 84.1 Å². The lowest BCUT2D eigenvalue weighted by Crippen LogP contribution is -2.39. The molecule has 3 heterocycles. The molecule has 250 valence electrons. The monoisotopic (exact) mass is 654 g/mol. The van der Waals surface area contributed by atoms with Crippen LogP contribution >= 0.6 is 11.6 Å². The molecule has 2 aromatic heterocycles. The molecule has 46 heavy (non-hydrogen) atoms. The maximum absolute atomic E-state index is 14.1. The fraction of sp³-hybridized carbons (Fsp3) is 0.528. The van der Waals surface area contributed by atoms with Crippen LogP contribution in [0.5, 0.6) is 5.75 Å². The highest BCUT2D eigenvalue weighted by Gasteiger charge is 2.37. The van der Waals surface area contributed by atoms with E-state index in [2.05, 4.69) is 18.7 Å². The largest absolute Gasteiger partial charge is 0.487 e. The van der Waals surface area contributed by atoms with Crippen LogP contribution in [0.4, 0.5) is 15.8 Å². The smallest absolute Gasteiger partial charge is 0.340 e. The standard InChI is InChI=1S/C36H48ClFN4O4/c1-23(2)45-34(43)33(46-35(4,5)6)30-24(3)39-22-26(31(30)42-17-15-36(7,8)16-18-42)29-14-13-25(21-40-29)41(9)19-20-44-32-27(37)11-10-12-28(32)38/h10-14,21-23,33H,15-20H2,1-9H3/t33-/m0/s1. The summed E-state index contributed by atoms with van der Waals surface area (Å²) in [5.41, 5.74) is 4.36. The average Bonchev–Trinajstić information content (AvgIpc) is 2.97. The van der Waals surface area contributed by atoms with Gasteiger partial charge in [-0.3, -0.25) is 9.97 Å². The van der Waals surface area contributed by atoms with Crippen molar-refractivity contribution in [3.05, 3.63) is 64.8 Å². The molecule has 1 saturated heterocycles. The minimum Gasteiger partial charge on any atom is -0.487 e. The topological polar surface area (TPSA) is 77.0 Å². The average molecular weight is 655 g/mol. The fourth-order valence-corrected chi connectivity index (χ4v) is 5.68. The molecule has 1 aliphatic heterocycles. The number of pyridine rings is 2. The molecule has 0 N–H and O–H groups in total. The highest BCUT2D eigenvalue weighted by Crippen LogP contribution is 2.43. The van der Waals surface area contributed by atoms with Gasteiger partial charge in [0.2, 0.25) is 0 Å². The van der Waals surface area contributed by atoms with E-state index < -0.39 is 23.5 Å². The van der Waals surface area contributed by atoms with Gasteiger partial charge < -0.3 is 24.0 Å². The van der Waals surface area contributed by atoms with Crippen molar-refractivity contribution >= 4 is 28.9 Å². The van der Waals surface area contributed by atoms with Crippen LogP contribution in [0, 0.1) is 18.2 Å². The van der Waals surface area contributed by atoms with Gasteiger partial charge in [0.1, 0.15) is 6.61 Å². The zero-order valence-corrected chi connectivity index (χ0v) is 29.4. The number of nitrogens with zero attached hydrogens (tertiary/aromatic N) is 4. The first-order valence-electron chi connectivity index (χ1n) is 15.9. The van der Waals surface area contributed by atoms with Gasteiger partial charge in [-0.1, -0.05) is 31.5 Å². The van der Waals surface area contributed by atoms with Gasteiger partial charge in [-0.2, -0.15) is 0 Å². The predicted octanol–water partition coefficient (Wildman–Crippen LogP) is 8.19. The lowest BCUT2D eigenvalue weighted by molar-refractivity contribution is -0.171. The molecule has 0 spiro atoms. The molecule has 0 saturated carbocycles. The maximum atomic E-state index is 14.1. The van der Waals surface area contributed by atoms with Crippen molar-refractivity contribution in [1.82, 2.24) is 9.97 Å². The number of halogens is 2. The molecule has 4 rings (SSSR count). The van der Waals surface area contributed by atoms with Crippen molar-refractivity contribution in [2.75, 3.05) is 43.1 Å². The highest BCUT2D eigenvalue weighted by molar-refractivity contribution is 6.32. The van der Waals surface area contributed by atoms with Crippen LogP contribution in [-0.4, -0.2) is 60.9 Å². The Morgan fingerprint density at radius 3 is 2.39 bits per heavy atom. The number of esters is 1. The van der Waals surface area contributed by atoms with Gasteiger partial charge in [0.25, 0.3) is 0 Å². The molecule has 0 bridgehead atoms. The van der Waals surface area contributed by atoms with Crippen LogP contribution in [0.15, 0.2) is 42.7 Å². The van der Waals surface area contributed by atoms with E-state index in [0.717, 1.165) is 48.6 Å². The van der Waals surface area contributed by atoms with Gasteiger partial charge in [0.05, 0.1) is 46.5 Å². The summed E-state index contributed by atoms with van der Waals surface area (Å²) in [5.74, 6) is -0.879. The van der Waals surface area contributed by atoms with E-state index in [0.29, 0.717) is 17.8 Å². The number of carbonyl (C=O) groups is 1. The molecule has 1 fully saturated rings.